The van der Waals surface area contributed by atoms with E-state index in [4.69, 9.17) is 14.6 Å². The van der Waals surface area contributed by atoms with Crippen molar-refractivity contribution in [1.29, 1.82) is 0 Å². The predicted molar refractivity (Wildman–Crippen MR) is 110 cm³/mol. The van der Waals surface area contributed by atoms with Gasteiger partial charge in [-0.3, -0.25) is 0 Å². The van der Waals surface area contributed by atoms with E-state index in [0.717, 1.165) is 5.56 Å². The Bertz CT molecular complexity index is 883. The maximum Gasteiger partial charge on any atom is 0.333 e. The molecule has 1 aliphatic carbocycles. The van der Waals surface area contributed by atoms with E-state index in [9.17, 15) is 13.6 Å². The van der Waals surface area contributed by atoms with Gasteiger partial charge in [0.25, 0.3) is 0 Å². The van der Waals surface area contributed by atoms with Crippen LogP contribution in [-0.4, -0.2) is 36.1 Å². The first-order chi connectivity index (χ1) is 13.8. The van der Waals surface area contributed by atoms with Gasteiger partial charge in [0.2, 0.25) is 0 Å². The van der Waals surface area contributed by atoms with E-state index in [1.54, 1.807) is 31.2 Å². The van der Waals surface area contributed by atoms with Gasteiger partial charge in [-0.05, 0) is 64.9 Å². The second-order valence-corrected chi connectivity index (χ2v) is 7.10. The number of hydrogen-bond acceptors (Lipinski definition) is 3. The standard InChI is InChI=1S/C22H21BrF2O4/c1-2-28-20(21(26)27)14-16-8-9-19(18(23)13-16)29-12-5-3-4-10-22(25)11-6-7-17(24)15-22/h3,5-9,11,13,20H,2,12,14-15H2,1H3,(H,26,27)/b5-3-/t20-,22?/m0/s1. The van der Waals surface area contributed by atoms with E-state index in [2.05, 4.69) is 27.8 Å². The topological polar surface area (TPSA) is 55.8 Å². The number of carboxylic acid groups (broad SMARTS) is 1. The minimum absolute atomic E-state index is 0.201. The highest BCUT2D eigenvalue weighted by molar-refractivity contribution is 9.10. The molecule has 7 heteroatoms. The third-order valence-electron chi connectivity index (χ3n) is 3.94. The lowest BCUT2D eigenvalue weighted by Crippen LogP contribution is -2.26. The monoisotopic (exact) mass is 466 g/mol. The Hall–Kier alpha value is -2.43. The number of aliphatic carboxylic acids is 1. The van der Waals surface area contributed by atoms with Crippen molar-refractivity contribution >= 4 is 21.9 Å². The summed E-state index contributed by atoms with van der Waals surface area (Å²) < 4.78 is 38.8. The van der Waals surface area contributed by atoms with Crippen LogP contribution < -0.4 is 4.74 Å². The van der Waals surface area contributed by atoms with Crippen molar-refractivity contribution in [3.8, 4) is 17.6 Å². The number of ether oxygens (including phenoxy) is 2. The first-order valence-electron chi connectivity index (χ1n) is 8.99. The molecule has 1 unspecified atom stereocenters. The predicted octanol–water partition coefficient (Wildman–Crippen LogP) is 4.94. The number of halogens is 3. The molecule has 2 rings (SSSR count). The van der Waals surface area contributed by atoms with Crippen LogP contribution in [0.2, 0.25) is 0 Å². The Labute approximate surface area is 177 Å². The molecule has 0 saturated heterocycles. The maximum absolute atomic E-state index is 14.2. The van der Waals surface area contributed by atoms with E-state index in [1.807, 2.05) is 0 Å². The number of carboxylic acids is 1. The zero-order chi connectivity index (χ0) is 21.3. The van der Waals surface area contributed by atoms with Crippen molar-refractivity contribution in [2.24, 2.45) is 0 Å². The number of alkyl halides is 1. The molecule has 1 aliphatic rings. The summed E-state index contributed by atoms with van der Waals surface area (Å²) in [4.78, 5) is 11.2. The van der Waals surface area contributed by atoms with Gasteiger partial charge >= 0.3 is 5.97 Å². The van der Waals surface area contributed by atoms with Crippen molar-refractivity contribution < 1.29 is 28.2 Å². The molecule has 0 saturated carbocycles. The fourth-order valence-electron chi connectivity index (χ4n) is 2.58. The molecule has 0 spiro atoms. The van der Waals surface area contributed by atoms with E-state index >= 15 is 0 Å². The normalized spacial score (nSPS) is 19.4. The lowest BCUT2D eigenvalue weighted by Gasteiger charge is -2.15. The molecule has 1 aromatic carbocycles. The summed E-state index contributed by atoms with van der Waals surface area (Å²) in [5.74, 6) is 3.97. The zero-order valence-electron chi connectivity index (χ0n) is 15.8. The number of hydrogen-bond donors (Lipinski definition) is 1. The summed E-state index contributed by atoms with van der Waals surface area (Å²) in [6, 6.07) is 5.27. The molecule has 2 atom stereocenters. The van der Waals surface area contributed by atoms with Crippen molar-refractivity contribution in [3.05, 3.63) is 64.4 Å². The smallest absolute Gasteiger partial charge is 0.333 e. The zero-order valence-corrected chi connectivity index (χ0v) is 17.4. The molecule has 0 heterocycles. The van der Waals surface area contributed by atoms with E-state index < -0.39 is 23.6 Å². The lowest BCUT2D eigenvalue weighted by atomic mass is 9.97. The summed E-state index contributed by atoms with van der Waals surface area (Å²) in [5.41, 5.74) is -1.19. The lowest BCUT2D eigenvalue weighted by molar-refractivity contribution is -0.149. The van der Waals surface area contributed by atoms with E-state index in [1.165, 1.54) is 24.3 Å². The highest BCUT2D eigenvalue weighted by Crippen LogP contribution is 2.28. The van der Waals surface area contributed by atoms with Crippen LogP contribution in [0.15, 0.2) is 58.9 Å². The maximum atomic E-state index is 14.2. The Morgan fingerprint density at radius 2 is 2.28 bits per heavy atom. The Morgan fingerprint density at radius 1 is 1.48 bits per heavy atom. The van der Waals surface area contributed by atoms with Gasteiger partial charge in [0.15, 0.2) is 11.8 Å². The van der Waals surface area contributed by atoms with Crippen LogP contribution in [0.4, 0.5) is 8.78 Å². The van der Waals surface area contributed by atoms with Crippen molar-refractivity contribution in [2.45, 2.75) is 31.5 Å². The number of benzene rings is 1. The molecule has 0 aromatic heterocycles. The summed E-state index contributed by atoms with van der Waals surface area (Å²) >= 11 is 3.40. The van der Waals surface area contributed by atoms with Gasteiger partial charge in [0.1, 0.15) is 18.2 Å². The Morgan fingerprint density at radius 3 is 2.93 bits per heavy atom. The van der Waals surface area contributed by atoms with Crippen molar-refractivity contribution in [2.75, 3.05) is 13.2 Å². The quantitative estimate of drug-likeness (QED) is 0.551. The second kappa shape index (κ2) is 10.9. The summed E-state index contributed by atoms with van der Waals surface area (Å²) in [6.07, 6.45) is 5.78. The van der Waals surface area contributed by atoms with Gasteiger partial charge in [0.05, 0.1) is 4.47 Å². The van der Waals surface area contributed by atoms with Crippen molar-refractivity contribution in [3.63, 3.8) is 0 Å². The molecule has 4 nitrogen and oxygen atoms in total. The number of allylic oxidation sites excluding steroid dienone is 5. The fraction of sp³-hybridized carbons (Fsp3) is 0.318. The van der Waals surface area contributed by atoms with Gasteiger partial charge in [-0.15, -0.1) is 0 Å². The first-order valence-corrected chi connectivity index (χ1v) is 9.78. The van der Waals surface area contributed by atoms with Crippen LogP contribution in [-0.2, 0) is 16.0 Å². The van der Waals surface area contributed by atoms with Crippen LogP contribution in [0.5, 0.6) is 5.75 Å². The van der Waals surface area contributed by atoms with Crippen LogP contribution in [0.1, 0.15) is 18.9 Å². The molecular weight excluding hydrogens is 446 g/mol. The van der Waals surface area contributed by atoms with Gasteiger partial charge in [-0.25, -0.2) is 13.6 Å². The molecule has 0 fully saturated rings. The third-order valence-corrected chi connectivity index (χ3v) is 4.56. The molecule has 0 bridgehead atoms. The molecule has 0 aliphatic heterocycles. The van der Waals surface area contributed by atoms with Crippen LogP contribution in [0.3, 0.4) is 0 Å². The molecule has 1 N–H and O–H groups in total. The SMILES string of the molecule is CCO[C@@H](Cc1ccc(OC/C=C\C#CC2(F)C=CC=C(F)C2)c(Br)c1)C(=O)O. The molecule has 1 aromatic rings. The molecule has 0 amide bonds. The summed E-state index contributed by atoms with van der Waals surface area (Å²) in [5, 5.41) is 9.16. The molecule has 29 heavy (non-hydrogen) atoms. The highest BCUT2D eigenvalue weighted by atomic mass is 79.9. The highest BCUT2D eigenvalue weighted by Gasteiger charge is 2.27. The average molecular weight is 467 g/mol. The number of carbonyl (C=O) groups is 1. The summed E-state index contributed by atoms with van der Waals surface area (Å²) in [7, 11) is 0. The minimum atomic E-state index is -1.99. The van der Waals surface area contributed by atoms with Crippen LogP contribution in [0, 0.1) is 11.8 Å². The van der Waals surface area contributed by atoms with Gasteiger partial charge in [-0.2, -0.15) is 0 Å². The minimum Gasteiger partial charge on any atom is -0.488 e. The van der Waals surface area contributed by atoms with Crippen LogP contribution in [0.25, 0.3) is 0 Å². The Kier molecular flexibility index (Phi) is 8.62. The van der Waals surface area contributed by atoms with Crippen molar-refractivity contribution in [1.82, 2.24) is 0 Å². The van der Waals surface area contributed by atoms with Gasteiger partial charge in [-0.1, -0.05) is 24.0 Å². The van der Waals surface area contributed by atoms with Gasteiger partial charge in [0, 0.05) is 19.4 Å². The number of rotatable bonds is 8. The van der Waals surface area contributed by atoms with Crippen LogP contribution >= 0.6 is 15.9 Å². The van der Waals surface area contributed by atoms with E-state index in [0.29, 0.717) is 16.8 Å². The second-order valence-electron chi connectivity index (χ2n) is 6.25. The largest absolute Gasteiger partial charge is 0.488 e. The van der Waals surface area contributed by atoms with Gasteiger partial charge < -0.3 is 14.6 Å². The fourth-order valence-corrected chi connectivity index (χ4v) is 3.12. The first kappa shape index (κ1) is 22.9. The Balaban J connectivity index is 1.88. The average Bonchev–Trinajstić information content (AvgIpc) is 2.65. The molecular formula is C22H21BrF2O4. The molecule has 0 radical (unpaired) electrons. The van der Waals surface area contributed by atoms with E-state index in [-0.39, 0.29) is 19.4 Å². The third kappa shape index (κ3) is 7.48. The molecule has 154 valence electrons. The summed E-state index contributed by atoms with van der Waals surface area (Å²) in [6.45, 7) is 2.27.